The van der Waals surface area contributed by atoms with Gasteiger partial charge in [-0.3, -0.25) is 4.18 Å². The van der Waals surface area contributed by atoms with E-state index in [1.807, 2.05) is 12.4 Å². The highest BCUT2D eigenvalue weighted by Gasteiger charge is 2.12. The van der Waals surface area contributed by atoms with Crippen molar-refractivity contribution >= 4 is 30.8 Å². The number of fused-ring (bicyclic) bond motifs is 1. The summed E-state index contributed by atoms with van der Waals surface area (Å²) in [6.45, 7) is 5.88. The van der Waals surface area contributed by atoms with E-state index in [0.29, 0.717) is 0 Å². The molecule has 3 aromatic rings. The second kappa shape index (κ2) is 8.56. The maximum absolute atomic E-state index is 11.3. The predicted octanol–water partition coefficient (Wildman–Crippen LogP) is 4.80. The van der Waals surface area contributed by atoms with Gasteiger partial charge in [-0.1, -0.05) is 30.7 Å². The first-order valence-electron chi connectivity index (χ1n) is 8.15. The number of thiazole rings is 1. The molecule has 25 heavy (non-hydrogen) atoms. The zero-order valence-electron chi connectivity index (χ0n) is 15.0. The molecular formula is C19H24NO3S2+. The Bertz CT molecular complexity index is 929. The van der Waals surface area contributed by atoms with Gasteiger partial charge >= 0.3 is 0 Å². The molecule has 0 saturated carbocycles. The topological polar surface area (TPSA) is 56.3 Å². The third kappa shape index (κ3) is 5.11. The monoisotopic (exact) mass is 378 g/mol. The number of aryl methyl sites for hydroxylation is 3. The summed E-state index contributed by atoms with van der Waals surface area (Å²) >= 11 is 0. The lowest BCUT2D eigenvalue weighted by Crippen LogP contribution is -2.05. The Kier molecular flexibility index (Phi) is 6.70. The standard InChI is InChI=1S/C10H12NS.C9H12O3S/c1-3-8-4-5-10-9(6-8)11-7-12(10)2;1-3-12-13(10,11)9-6-4-8(2)5-7-9/h4-7H,3H2,1-2H3;4-7H,3H2,1-2H3/q+1;. The molecule has 0 fully saturated rings. The molecule has 4 nitrogen and oxygen atoms in total. The molecule has 0 saturated heterocycles. The fourth-order valence-corrected chi connectivity index (χ4v) is 4.30. The summed E-state index contributed by atoms with van der Waals surface area (Å²) in [7, 11) is -3.28. The number of hydrogen-bond donors (Lipinski definition) is 0. The first-order valence-corrected chi connectivity index (χ1v) is 11.3. The molecule has 0 aliphatic heterocycles. The van der Waals surface area contributed by atoms with Crippen molar-refractivity contribution in [1.29, 1.82) is 0 Å². The van der Waals surface area contributed by atoms with E-state index < -0.39 is 10.1 Å². The van der Waals surface area contributed by atoms with Crippen molar-refractivity contribution in [2.45, 2.75) is 32.1 Å². The van der Waals surface area contributed by atoms with Crippen LogP contribution in [-0.2, 0) is 27.0 Å². The third-order valence-electron chi connectivity index (χ3n) is 3.71. The molecule has 1 aromatic heterocycles. The molecule has 0 aliphatic rings. The Labute approximate surface area is 152 Å². The van der Waals surface area contributed by atoms with Crippen LogP contribution in [0.25, 0.3) is 10.2 Å². The van der Waals surface area contributed by atoms with Gasteiger partial charge < -0.3 is 0 Å². The van der Waals surface area contributed by atoms with Crippen LogP contribution in [0, 0.1) is 6.92 Å². The highest BCUT2D eigenvalue weighted by Crippen LogP contribution is 2.26. The summed E-state index contributed by atoms with van der Waals surface area (Å²) < 4.78 is 28.7. The van der Waals surface area contributed by atoms with Gasteiger partial charge in [0, 0.05) is 16.5 Å². The summed E-state index contributed by atoms with van der Waals surface area (Å²) in [5.74, 6) is 0. The molecule has 0 aliphatic carbocycles. The average molecular weight is 379 g/mol. The van der Waals surface area contributed by atoms with Gasteiger partial charge in [0.05, 0.1) is 11.5 Å². The molecule has 1 atom stereocenters. The molecule has 2 aromatic carbocycles. The zero-order valence-corrected chi connectivity index (χ0v) is 16.7. The van der Waals surface area contributed by atoms with Crippen molar-refractivity contribution in [3.63, 3.8) is 0 Å². The van der Waals surface area contributed by atoms with E-state index in [0.717, 1.165) is 12.0 Å². The smallest absolute Gasteiger partial charge is 0.267 e. The van der Waals surface area contributed by atoms with E-state index in [9.17, 15) is 8.42 Å². The number of aromatic nitrogens is 1. The minimum Gasteiger partial charge on any atom is -0.267 e. The summed E-state index contributed by atoms with van der Waals surface area (Å²) in [6, 6.07) is 13.2. The summed E-state index contributed by atoms with van der Waals surface area (Å²) in [5.41, 5.74) is 5.63. The molecule has 3 rings (SSSR count). The van der Waals surface area contributed by atoms with Crippen molar-refractivity contribution in [2.24, 2.45) is 6.26 Å². The SMILES string of the molecule is CCOS(=O)(=O)c1ccc(C)cc1.CCc1ccc2c(c1)nc[s+]2C. The molecule has 6 heteroatoms. The number of benzene rings is 2. The molecule has 0 spiro atoms. The molecule has 0 N–H and O–H groups in total. The van der Waals surface area contributed by atoms with Crippen LogP contribution < -0.4 is 0 Å². The van der Waals surface area contributed by atoms with Crippen LogP contribution in [0.3, 0.4) is 0 Å². The quantitative estimate of drug-likeness (QED) is 0.483. The fraction of sp³-hybridized carbons (Fsp3) is 0.316. The summed E-state index contributed by atoms with van der Waals surface area (Å²) in [6.07, 6.45) is 3.31. The van der Waals surface area contributed by atoms with Crippen LogP contribution in [0.15, 0.2) is 52.9 Å². The Hall–Kier alpha value is -1.76. The van der Waals surface area contributed by atoms with Gasteiger partial charge in [-0.2, -0.15) is 13.4 Å². The molecule has 0 amide bonds. The van der Waals surface area contributed by atoms with E-state index in [2.05, 4.69) is 40.5 Å². The van der Waals surface area contributed by atoms with Gasteiger partial charge in [-0.15, -0.1) is 0 Å². The largest absolute Gasteiger partial charge is 0.296 e. The first kappa shape index (κ1) is 19.6. The fourth-order valence-electron chi connectivity index (χ4n) is 2.28. The van der Waals surface area contributed by atoms with Gasteiger partial charge in [-0.25, -0.2) is 0 Å². The number of rotatable bonds is 4. The van der Waals surface area contributed by atoms with Crippen LogP contribution in [0.2, 0.25) is 0 Å². The Morgan fingerprint density at radius 1 is 1.08 bits per heavy atom. The molecule has 0 bridgehead atoms. The van der Waals surface area contributed by atoms with E-state index in [-0.39, 0.29) is 22.0 Å². The number of hydrogen-bond acceptors (Lipinski definition) is 4. The van der Waals surface area contributed by atoms with Crippen molar-refractivity contribution in [2.75, 3.05) is 6.61 Å². The van der Waals surface area contributed by atoms with Crippen molar-refractivity contribution < 1.29 is 12.6 Å². The highest BCUT2D eigenvalue weighted by atomic mass is 32.2. The van der Waals surface area contributed by atoms with Crippen molar-refractivity contribution in [1.82, 2.24) is 4.98 Å². The lowest BCUT2D eigenvalue weighted by molar-refractivity contribution is 0.338. The highest BCUT2D eigenvalue weighted by molar-refractivity contribution is 7.86. The van der Waals surface area contributed by atoms with Crippen LogP contribution in [0.4, 0.5) is 0 Å². The minimum absolute atomic E-state index is 0.163. The van der Waals surface area contributed by atoms with E-state index in [4.69, 9.17) is 0 Å². The second-order valence-corrected chi connectivity index (χ2v) is 9.00. The summed E-state index contributed by atoms with van der Waals surface area (Å²) in [4.78, 5) is 4.58. The predicted molar refractivity (Wildman–Crippen MR) is 105 cm³/mol. The van der Waals surface area contributed by atoms with Gasteiger partial charge in [0.1, 0.15) is 11.8 Å². The molecule has 134 valence electrons. The van der Waals surface area contributed by atoms with Gasteiger partial charge in [0.15, 0.2) is 4.70 Å². The third-order valence-corrected chi connectivity index (χ3v) is 6.57. The maximum atomic E-state index is 11.3. The van der Waals surface area contributed by atoms with E-state index in [1.54, 1.807) is 31.2 Å². The van der Waals surface area contributed by atoms with Gasteiger partial charge in [0.25, 0.3) is 10.1 Å². The maximum Gasteiger partial charge on any atom is 0.296 e. The van der Waals surface area contributed by atoms with Gasteiger partial charge in [0.2, 0.25) is 5.51 Å². The molecule has 1 unspecified atom stereocenters. The van der Waals surface area contributed by atoms with E-state index >= 15 is 0 Å². The van der Waals surface area contributed by atoms with Crippen LogP contribution in [-0.4, -0.2) is 20.0 Å². The first-order chi connectivity index (χ1) is 11.9. The Morgan fingerprint density at radius 3 is 2.36 bits per heavy atom. The number of nitrogens with zero attached hydrogens (tertiary/aromatic N) is 1. The molecule has 0 radical (unpaired) electrons. The molecule has 1 heterocycles. The van der Waals surface area contributed by atoms with Crippen molar-refractivity contribution in [3.05, 3.63) is 59.1 Å². The minimum atomic E-state index is -3.53. The Balaban J connectivity index is 0.000000181. The van der Waals surface area contributed by atoms with Gasteiger partial charge in [-0.05, 0) is 44.0 Å². The average Bonchev–Trinajstić information content (AvgIpc) is 2.96. The Morgan fingerprint density at radius 2 is 1.76 bits per heavy atom. The van der Waals surface area contributed by atoms with Crippen LogP contribution >= 0.6 is 10.5 Å². The van der Waals surface area contributed by atoms with Crippen LogP contribution in [0.1, 0.15) is 25.0 Å². The van der Waals surface area contributed by atoms with Crippen LogP contribution in [0.5, 0.6) is 0 Å². The summed E-state index contributed by atoms with van der Waals surface area (Å²) in [5, 5.41) is 0. The lowest BCUT2D eigenvalue weighted by Gasteiger charge is -2.02. The molecular weight excluding hydrogens is 354 g/mol. The van der Waals surface area contributed by atoms with E-state index in [1.165, 1.54) is 15.8 Å². The van der Waals surface area contributed by atoms with Crippen molar-refractivity contribution in [3.8, 4) is 0 Å². The lowest BCUT2D eigenvalue weighted by atomic mass is 10.2. The second-order valence-electron chi connectivity index (χ2n) is 5.62. The normalized spacial score (nSPS) is 11.9. The zero-order chi connectivity index (χ0) is 18.4.